The number of hydrogen-bond acceptors (Lipinski definition) is 2. The lowest BCUT2D eigenvalue weighted by atomic mass is 10.2. The summed E-state index contributed by atoms with van der Waals surface area (Å²) in [6, 6.07) is 12.8. The molecule has 0 N–H and O–H groups in total. The number of carbonyl (C=O) groups is 1. The van der Waals surface area contributed by atoms with Gasteiger partial charge in [-0.15, -0.1) is 0 Å². The van der Waals surface area contributed by atoms with Gasteiger partial charge in [0.05, 0.1) is 20.8 Å². The molecule has 0 bridgehead atoms. The first-order valence-corrected chi connectivity index (χ1v) is 8.30. The van der Waals surface area contributed by atoms with E-state index in [9.17, 15) is 4.79 Å². The topological polar surface area (TPSA) is 34.4 Å². The molecule has 1 amide bonds. The molecule has 3 rings (SSSR count). The van der Waals surface area contributed by atoms with Crippen LogP contribution in [0, 0.1) is 0 Å². The SMILES string of the molecule is CCn1c(=NC(=O)c2cc(Cl)ccc2Cl)sc2ccccc21. The van der Waals surface area contributed by atoms with Gasteiger partial charge >= 0.3 is 0 Å². The van der Waals surface area contributed by atoms with Gasteiger partial charge in [0, 0.05) is 11.6 Å². The van der Waals surface area contributed by atoms with E-state index in [4.69, 9.17) is 23.2 Å². The molecule has 112 valence electrons. The minimum atomic E-state index is -0.388. The van der Waals surface area contributed by atoms with E-state index < -0.39 is 0 Å². The second-order valence-corrected chi connectivity index (χ2v) is 6.49. The summed E-state index contributed by atoms with van der Waals surface area (Å²) >= 11 is 13.5. The Labute approximate surface area is 141 Å². The molecule has 22 heavy (non-hydrogen) atoms. The number of thiazole rings is 1. The van der Waals surface area contributed by atoms with Crippen molar-refractivity contribution in [3.8, 4) is 0 Å². The molecule has 0 aliphatic carbocycles. The van der Waals surface area contributed by atoms with E-state index in [-0.39, 0.29) is 5.91 Å². The molecule has 0 spiro atoms. The van der Waals surface area contributed by atoms with Crippen LogP contribution < -0.4 is 4.80 Å². The Hall–Kier alpha value is -1.62. The summed E-state index contributed by atoms with van der Waals surface area (Å²) < 4.78 is 3.10. The number of nitrogens with zero attached hydrogens (tertiary/aromatic N) is 2. The van der Waals surface area contributed by atoms with Gasteiger partial charge in [0.25, 0.3) is 5.91 Å². The predicted molar refractivity (Wildman–Crippen MR) is 91.8 cm³/mol. The van der Waals surface area contributed by atoms with Crippen molar-refractivity contribution in [1.29, 1.82) is 0 Å². The number of halogens is 2. The van der Waals surface area contributed by atoms with Crippen LogP contribution in [-0.2, 0) is 6.54 Å². The zero-order valence-corrected chi connectivity index (χ0v) is 14.0. The molecule has 0 fully saturated rings. The summed E-state index contributed by atoms with van der Waals surface area (Å²) in [7, 11) is 0. The van der Waals surface area contributed by atoms with Crippen LogP contribution in [0.5, 0.6) is 0 Å². The lowest BCUT2D eigenvalue weighted by Crippen LogP contribution is -2.16. The largest absolute Gasteiger partial charge is 0.317 e. The van der Waals surface area contributed by atoms with E-state index in [0.717, 1.165) is 16.8 Å². The zero-order valence-electron chi connectivity index (χ0n) is 11.7. The second kappa shape index (κ2) is 6.24. The van der Waals surface area contributed by atoms with Gasteiger partial charge in [-0.3, -0.25) is 4.79 Å². The van der Waals surface area contributed by atoms with Crippen LogP contribution in [0.4, 0.5) is 0 Å². The number of amides is 1. The van der Waals surface area contributed by atoms with Gasteiger partial charge in [-0.25, -0.2) is 0 Å². The minimum absolute atomic E-state index is 0.314. The van der Waals surface area contributed by atoms with Crippen LogP contribution >= 0.6 is 34.5 Å². The van der Waals surface area contributed by atoms with Crippen molar-refractivity contribution in [2.75, 3.05) is 0 Å². The lowest BCUT2D eigenvalue weighted by Gasteiger charge is -2.01. The van der Waals surface area contributed by atoms with Gasteiger partial charge in [0.2, 0.25) is 0 Å². The summed E-state index contributed by atoms with van der Waals surface area (Å²) in [4.78, 5) is 17.3. The normalized spacial score (nSPS) is 12.0. The van der Waals surface area contributed by atoms with E-state index in [2.05, 4.69) is 4.99 Å². The first kappa shape index (κ1) is 15.3. The highest BCUT2D eigenvalue weighted by molar-refractivity contribution is 7.16. The Balaban J connectivity index is 2.16. The molecule has 1 heterocycles. The van der Waals surface area contributed by atoms with E-state index in [0.29, 0.717) is 20.4 Å². The molecule has 0 aliphatic rings. The van der Waals surface area contributed by atoms with Crippen LogP contribution in [0.2, 0.25) is 10.0 Å². The minimum Gasteiger partial charge on any atom is -0.317 e. The average molecular weight is 351 g/mol. The van der Waals surface area contributed by atoms with Crippen molar-refractivity contribution in [3.05, 3.63) is 62.9 Å². The second-order valence-electron chi connectivity index (χ2n) is 4.64. The van der Waals surface area contributed by atoms with Crippen molar-refractivity contribution >= 4 is 50.7 Å². The van der Waals surface area contributed by atoms with E-state index in [1.807, 2.05) is 35.8 Å². The zero-order chi connectivity index (χ0) is 15.7. The Morgan fingerprint density at radius 2 is 2.00 bits per heavy atom. The van der Waals surface area contributed by atoms with Crippen LogP contribution in [0.1, 0.15) is 17.3 Å². The van der Waals surface area contributed by atoms with Gasteiger partial charge < -0.3 is 4.57 Å². The van der Waals surface area contributed by atoms with Crippen molar-refractivity contribution in [3.63, 3.8) is 0 Å². The molecule has 0 aliphatic heterocycles. The number of aryl methyl sites for hydroxylation is 1. The summed E-state index contributed by atoms with van der Waals surface area (Å²) in [5.41, 5.74) is 1.38. The van der Waals surface area contributed by atoms with Gasteiger partial charge in [-0.1, -0.05) is 46.7 Å². The molecule has 2 aromatic carbocycles. The molecule has 6 heteroatoms. The molecule has 0 radical (unpaired) electrons. The maximum absolute atomic E-state index is 12.4. The third-order valence-electron chi connectivity index (χ3n) is 3.26. The summed E-state index contributed by atoms with van der Waals surface area (Å²) in [6.07, 6.45) is 0. The maximum atomic E-state index is 12.4. The van der Waals surface area contributed by atoms with E-state index in [1.54, 1.807) is 18.2 Å². The third-order valence-corrected chi connectivity index (χ3v) is 4.88. The Morgan fingerprint density at radius 3 is 2.77 bits per heavy atom. The van der Waals surface area contributed by atoms with Crippen molar-refractivity contribution in [1.82, 2.24) is 4.57 Å². The number of benzene rings is 2. The fourth-order valence-electron chi connectivity index (χ4n) is 2.22. The molecule has 0 saturated heterocycles. The molecule has 0 saturated carbocycles. The smallest absolute Gasteiger partial charge is 0.281 e. The van der Waals surface area contributed by atoms with Gasteiger partial charge in [-0.05, 0) is 37.3 Å². The third kappa shape index (κ3) is 2.82. The Kier molecular flexibility index (Phi) is 4.34. The molecule has 1 aromatic heterocycles. The summed E-state index contributed by atoms with van der Waals surface area (Å²) in [5, 5.41) is 0.810. The number of rotatable bonds is 2. The van der Waals surface area contributed by atoms with Gasteiger partial charge in [0.15, 0.2) is 4.80 Å². The lowest BCUT2D eigenvalue weighted by molar-refractivity contribution is 0.0998. The van der Waals surface area contributed by atoms with Crippen LogP contribution in [0.25, 0.3) is 10.2 Å². The number of carbonyl (C=O) groups excluding carboxylic acids is 1. The Bertz CT molecular complexity index is 927. The number of para-hydroxylation sites is 1. The van der Waals surface area contributed by atoms with Crippen molar-refractivity contribution in [2.45, 2.75) is 13.5 Å². The quantitative estimate of drug-likeness (QED) is 0.655. The van der Waals surface area contributed by atoms with Crippen LogP contribution in [0.15, 0.2) is 47.5 Å². The average Bonchev–Trinajstić information content (AvgIpc) is 2.86. The van der Waals surface area contributed by atoms with Crippen LogP contribution in [-0.4, -0.2) is 10.5 Å². The van der Waals surface area contributed by atoms with Gasteiger partial charge in [0.1, 0.15) is 0 Å². The first-order valence-electron chi connectivity index (χ1n) is 6.72. The predicted octanol–water partition coefficient (Wildman–Crippen LogP) is 4.77. The monoisotopic (exact) mass is 350 g/mol. The van der Waals surface area contributed by atoms with E-state index >= 15 is 0 Å². The fourth-order valence-corrected chi connectivity index (χ4v) is 3.68. The van der Waals surface area contributed by atoms with E-state index in [1.165, 1.54) is 11.3 Å². The molecule has 0 atom stereocenters. The molecule has 0 unspecified atom stereocenters. The Morgan fingerprint density at radius 1 is 1.23 bits per heavy atom. The van der Waals surface area contributed by atoms with Crippen LogP contribution in [0.3, 0.4) is 0 Å². The standard InChI is InChI=1S/C16H12Cl2N2OS/c1-2-20-13-5-3-4-6-14(13)22-16(20)19-15(21)11-9-10(17)7-8-12(11)18/h3-9H,2H2,1H3. The van der Waals surface area contributed by atoms with Crippen molar-refractivity contribution < 1.29 is 4.79 Å². The van der Waals surface area contributed by atoms with Crippen molar-refractivity contribution in [2.24, 2.45) is 4.99 Å². The number of fused-ring (bicyclic) bond motifs is 1. The highest BCUT2D eigenvalue weighted by Crippen LogP contribution is 2.22. The molecular weight excluding hydrogens is 339 g/mol. The highest BCUT2D eigenvalue weighted by atomic mass is 35.5. The first-order chi connectivity index (χ1) is 10.6. The highest BCUT2D eigenvalue weighted by Gasteiger charge is 2.12. The molecular formula is C16H12Cl2N2OS. The van der Waals surface area contributed by atoms with Gasteiger partial charge in [-0.2, -0.15) is 4.99 Å². The number of hydrogen-bond donors (Lipinski definition) is 0. The summed E-state index contributed by atoms with van der Waals surface area (Å²) in [6.45, 7) is 2.76. The maximum Gasteiger partial charge on any atom is 0.281 e. The number of aromatic nitrogens is 1. The summed E-state index contributed by atoms with van der Waals surface area (Å²) in [5.74, 6) is -0.388. The molecule has 3 aromatic rings. The molecule has 3 nitrogen and oxygen atoms in total. The fraction of sp³-hybridized carbons (Fsp3) is 0.125.